The Kier molecular flexibility index (Phi) is 6.88. The van der Waals surface area contributed by atoms with Crippen LogP contribution in [0.25, 0.3) is 0 Å². The van der Waals surface area contributed by atoms with E-state index in [2.05, 4.69) is 15.0 Å². The van der Waals surface area contributed by atoms with Gasteiger partial charge in [0.05, 0.1) is 37.2 Å². The third-order valence-corrected chi connectivity index (χ3v) is 5.11. The number of hydrogen-bond donors (Lipinski definition) is 1. The van der Waals surface area contributed by atoms with E-state index < -0.39 is 41.2 Å². The van der Waals surface area contributed by atoms with E-state index in [9.17, 15) is 31.5 Å². The number of ether oxygens (including phenoxy) is 2. The molecule has 0 unspecified atom stereocenters. The second kappa shape index (κ2) is 9.40. The highest BCUT2D eigenvalue weighted by Gasteiger charge is 2.62. The molecule has 190 valence electrons. The molecule has 0 radical (unpaired) electrons. The minimum Gasteiger partial charge on any atom is -0.493 e. The lowest BCUT2D eigenvalue weighted by molar-refractivity contribution is -0.291. The SMILES string of the molecule is COc1cc(C#N)cc(C)c1Oc1c(C(F)(F)C(F)(F)F)ncn(Cc2c(C)nc(C)[nH]c2=O)c1=O. The van der Waals surface area contributed by atoms with Crippen molar-refractivity contribution >= 4 is 0 Å². The first-order valence-corrected chi connectivity index (χ1v) is 10.1. The second-order valence-corrected chi connectivity index (χ2v) is 7.68. The van der Waals surface area contributed by atoms with E-state index in [0.717, 1.165) is 13.2 Å². The highest BCUT2D eigenvalue weighted by molar-refractivity contribution is 5.54. The van der Waals surface area contributed by atoms with Gasteiger partial charge in [-0.15, -0.1) is 0 Å². The molecule has 0 aliphatic carbocycles. The van der Waals surface area contributed by atoms with Gasteiger partial charge in [0.15, 0.2) is 17.2 Å². The van der Waals surface area contributed by atoms with E-state index in [1.54, 1.807) is 0 Å². The van der Waals surface area contributed by atoms with E-state index in [4.69, 9.17) is 14.7 Å². The van der Waals surface area contributed by atoms with Gasteiger partial charge in [0.25, 0.3) is 11.1 Å². The topological polar surface area (TPSA) is 123 Å². The normalized spacial score (nSPS) is 11.8. The number of aromatic nitrogens is 4. The predicted octanol–water partition coefficient (Wildman–Crippen LogP) is 3.63. The number of H-pyrrole nitrogens is 1. The molecule has 0 aliphatic rings. The molecule has 0 atom stereocenters. The number of nitrogens with zero attached hydrogens (tertiary/aromatic N) is 4. The molecule has 9 nitrogen and oxygen atoms in total. The van der Waals surface area contributed by atoms with Crippen LogP contribution in [0.3, 0.4) is 0 Å². The van der Waals surface area contributed by atoms with Crippen molar-refractivity contribution in [2.45, 2.75) is 39.4 Å². The number of aromatic amines is 1. The second-order valence-electron chi connectivity index (χ2n) is 7.68. The minimum absolute atomic E-state index is 0.0436. The zero-order valence-corrected chi connectivity index (χ0v) is 19.3. The Labute approximate surface area is 199 Å². The molecule has 0 spiro atoms. The first-order chi connectivity index (χ1) is 16.7. The lowest BCUT2D eigenvalue weighted by atomic mass is 10.1. The Morgan fingerprint density at radius 2 is 1.78 bits per heavy atom. The summed E-state index contributed by atoms with van der Waals surface area (Å²) in [5.74, 6) is -7.29. The van der Waals surface area contributed by atoms with Gasteiger partial charge in [0.2, 0.25) is 5.75 Å². The molecule has 1 N–H and O–H groups in total. The number of alkyl halides is 5. The average Bonchev–Trinajstić information content (AvgIpc) is 2.78. The standard InChI is InChI=1S/C22H18F5N5O4/c1-10-5-13(7-28)6-15(35-4)16(10)36-17-18(21(23,24)22(25,26)27)29-9-32(20(17)34)8-14-11(2)30-12(3)31-19(14)33/h5-6,9H,8H2,1-4H3,(H,30,31,33). The van der Waals surface area contributed by atoms with Crippen molar-refractivity contribution in [1.29, 1.82) is 5.26 Å². The Morgan fingerprint density at radius 3 is 2.33 bits per heavy atom. The third-order valence-electron chi connectivity index (χ3n) is 5.11. The van der Waals surface area contributed by atoms with Crippen LogP contribution in [-0.2, 0) is 12.5 Å². The highest BCUT2D eigenvalue weighted by atomic mass is 19.4. The van der Waals surface area contributed by atoms with Gasteiger partial charge in [-0.05, 0) is 32.4 Å². The van der Waals surface area contributed by atoms with Crippen LogP contribution in [0.1, 0.15) is 33.9 Å². The highest BCUT2D eigenvalue weighted by Crippen LogP contribution is 2.46. The van der Waals surface area contributed by atoms with E-state index in [1.807, 2.05) is 6.07 Å². The molecule has 0 amide bonds. The minimum atomic E-state index is -6.10. The Balaban J connectivity index is 2.27. The number of hydrogen-bond acceptors (Lipinski definition) is 7. The van der Waals surface area contributed by atoms with Crippen LogP contribution in [0.2, 0.25) is 0 Å². The summed E-state index contributed by atoms with van der Waals surface area (Å²) in [7, 11) is 1.15. The summed E-state index contributed by atoms with van der Waals surface area (Å²) >= 11 is 0. The monoisotopic (exact) mass is 511 g/mol. The zero-order chi connectivity index (χ0) is 27.0. The molecule has 3 aromatic rings. The maximum atomic E-state index is 14.4. The number of rotatable bonds is 6. The van der Waals surface area contributed by atoms with E-state index in [1.165, 1.54) is 26.8 Å². The summed E-state index contributed by atoms with van der Waals surface area (Å²) in [5.41, 5.74) is -3.68. The fourth-order valence-corrected chi connectivity index (χ4v) is 3.33. The van der Waals surface area contributed by atoms with Gasteiger partial charge in [0, 0.05) is 11.8 Å². The summed E-state index contributed by atoms with van der Waals surface area (Å²) in [6.45, 7) is 3.80. The predicted molar refractivity (Wildman–Crippen MR) is 114 cm³/mol. The lowest BCUT2D eigenvalue weighted by Gasteiger charge is -2.22. The molecule has 0 bridgehead atoms. The molecule has 36 heavy (non-hydrogen) atoms. The van der Waals surface area contributed by atoms with Crippen LogP contribution in [-0.4, -0.2) is 32.8 Å². The van der Waals surface area contributed by atoms with Crippen LogP contribution in [0, 0.1) is 32.1 Å². The quantitative estimate of drug-likeness (QED) is 0.502. The molecule has 0 aliphatic heterocycles. The van der Waals surface area contributed by atoms with Gasteiger partial charge in [-0.1, -0.05) is 0 Å². The Hall–Kier alpha value is -4.28. The maximum Gasteiger partial charge on any atom is 0.459 e. The fourth-order valence-electron chi connectivity index (χ4n) is 3.33. The van der Waals surface area contributed by atoms with Crippen molar-refractivity contribution < 1.29 is 31.4 Å². The third kappa shape index (κ3) is 4.77. The molecule has 2 heterocycles. The number of aryl methyl sites for hydroxylation is 3. The van der Waals surface area contributed by atoms with Crippen molar-refractivity contribution in [2.75, 3.05) is 7.11 Å². The molecule has 0 saturated carbocycles. The van der Waals surface area contributed by atoms with Gasteiger partial charge in [-0.3, -0.25) is 14.2 Å². The number of halogens is 5. The Bertz CT molecular complexity index is 1490. The number of benzene rings is 1. The van der Waals surface area contributed by atoms with E-state index in [0.29, 0.717) is 10.9 Å². The van der Waals surface area contributed by atoms with Gasteiger partial charge < -0.3 is 14.5 Å². The van der Waals surface area contributed by atoms with Crippen molar-refractivity contribution in [3.8, 4) is 23.3 Å². The molecule has 2 aromatic heterocycles. The summed E-state index contributed by atoms with van der Waals surface area (Å²) in [6, 6.07) is 4.24. The molecule has 14 heteroatoms. The summed E-state index contributed by atoms with van der Waals surface area (Å²) in [4.78, 5) is 35.2. The lowest BCUT2D eigenvalue weighted by Crippen LogP contribution is -2.38. The fraction of sp³-hybridized carbons (Fsp3) is 0.318. The van der Waals surface area contributed by atoms with Crippen LogP contribution in [0.4, 0.5) is 22.0 Å². The van der Waals surface area contributed by atoms with Crippen LogP contribution in [0.15, 0.2) is 28.0 Å². The largest absolute Gasteiger partial charge is 0.493 e. The molecule has 0 saturated heterocycles. The van der Waals surface area contributed by atoms with Crippen LogP contribution < -0.4 is 20.6 Å². The van der Waals surface area contributed by atoms with Gasteiger partial charge >= 0.3 is 12.1 Å². The molecule has 3 rings (SSSR count). The summed E-state index contributed by atoms with van der Waals surface area (Å²) < 4.78 is 79.5. The van der Waals surface area contributed by atoms with Gasteiger partial charge in [0.1, 0.15) is 5.82 Å². The molecular formula is C22H18F5N5O4. The summed E-state index contributed by atoms with van der Waals surface area (Å²) in [5, 5.41) is 9.12. The average molecular weight is 511 g/mol. The Morgan fingerprint density at radius 1 is 1.11 bits per heavy atom. The van der Waals surface area contributed by atoms with Crippen molar-refractivity contribution in [2.24, 2.45) is 0 Å². The smallest absolute Gasteiger partial charge is 0.459 e. The first-order valence-electron chi connectivity index (χ1n) is 10.1. The number of methoxy groups -OCH3 is 1. The van der Waals surface area contributed by atoms with E-state index in [-0.39, 0.29) is 39.7 Å². The van der Waals surface area contributed by atoms with Crippen LogP contribution in [0.5, 0.6) is 17.2 Å². The first kappa shape index (κ1) is 26.3. The zero-order valence-electron chi connectivity index (χ0n) is 19.3. The van der Waals surface area contributed by atoms with Crippen molar-refractivity contribution in [1.82, 2.24) is 19.5 Å². The molecule has 1 aromatic carbocycles. The van der Waals surface area contributed by atoms with Crippen LogP contribution >= 0.6 is 0 Å². The maximum absolute atomic E-state index is 14.4. The number of nitrogens with one attached hydrogen (secondary N) is 1. The van der Waals surface area contributed by atoms with Crippen molar-refractivity contribution in [3.05, 3.63) is 73.1 Å². The van der Waals surface area contributed by atoms with Gasteiger partial charge in [-0.25, -0.2) is 9.97 Å². The van der Waals surface area contributed by atoms with Gasteiger partial charge in [-0.2, -0.15) is 27.2 Å². The summed E-state index contributed by atoms with van der Waals surface area (Å²) in [6.07, 6.45) is -5.64. The van der Waals surface area contributed by atoms with Crippen molar-refractivity contribution in [3.63, 3.8) is 0 Å². The molecular weight excluding hydrogens is 493 g/mol. The number of nitriles is 1. The van der Waals surface area contributed by atoms with E-state index >= 15 is 0 Å². The molecule has 0 fully saturated rings.